The van der Waals surface area contributed by atoms with Crippen molar-refractivity contribution in [3.63, 3.8) is 0 Å². The van der Waals surface area contributed by atoms with E-state index in [2.05, 4.69) is 15.5 Å². The molecule has 3 N–H and O–H groups in total. The van der Waals surface area contributed by atoms with Crippen LogP contribution in [-0.2, 0) is 17.9 Å². The van der Waals surface area contributed by atoms with E-state index < -0.39 is 10.8 Å². The van der Waals surface area contributed by atoms with E-state index in [4.69, 9.17) is 5.73 Å². The predicted octanol–water partition coefficient (Wildman–Crippen LogP) is 0.135. The van der Waals surface area contributed by atoms with E-state index in [9.17, 15) is 19.7 Å². The number of primary amides is 1. The summed E-state index contributed by atoms with van der Waals surface area (Å²) in [5.74, 6) is -1.41. The van der Waals surface area contributed by atoms with Crippen molar-refractivity contribution < 1.29 is 14.5 Å². The number of nitrogens with two attached hydrogens (primary N) is 1. The Morgan fingerprint density at radius 2 is 2.13 bits per heavy atom. The molecule has 0 bridgehead atoms. The molecule has 2 aromatic heterocycles. The van der Waals surface area contributed by atoms with Crippen molar-refractivity contribution in [3.05, 3.63) is 34.3 Å². The first-order chi connectivity index (χ1) is 10.9. The smallest absolute Gasteiger partial charge is 0.364 e. The maximum absolute atomic E-state index is 11.9. The van der Waals surface area contributed by atoms with E-state index in [1.165, 1.54) is 27.8 Å². The number of carbonyl (C=O) groups excluding carboxylic acids is 2. The zero-order chi connectivity index (χ0) is 17.0. The molecule has 2 amide bonds. The number of amides is 2. The lowest BCUT2D eigenvalue weighted by atomic mass is 10.3. The van der Waals surface area contributed by atoms with Gasteiger partial charge in [-0.1, -0.05) is 0 Å². The molecule has 0 aliphatic carbocycles. The number of nitrogens with one attached hydrogen (secondary N) is 1. The quantitative estimate of drug-likeness (QED) is 0.546. The van der Waals surface area contributed by atoms with Gasteiger partial charge in [-0.2, -0.15) is 9.78 Å². The van der Waals surface area contributed by atoms with Crippen LogP contribution in [0.2, 0.25) is 0 Å². The number of aryl methyl sites for hydroxylation is 2. The van der Waals surface area contributed by atoms with Crippen LogP contribution in [0.5, 0.6) is 0 Å². The summed E-state index contributed by atoms with van der Waals surface area (Å²) in [6, 6.07) is 1.24. The fraction of sp³-hybridized carbons (Fsp3) is 0.333. The molecule has 11 nitrogen and oxygen atoms in total. The Kier molecular flexibility index (Phi) is 4.69. The average molecular weight is 321 g/mol. The van der Waals surface area contributed by atoms with Crippen LogP contribution in [-0.4, -0.2) is 36.3 Å². The van der Waals surface area contributed by atoms with Crippen LogP contribution in [0.1, 0.15) is 23.8 Å². The Balaban J connectivity index is 1.98. The second kappa shape index (κ2) is 6.68. The molecule has 0 saturated carbocycles. The number of rotatable bonds is 7. The first kappa shape index (κ1) is 16.1. The fourth-order valence-electron chi connectivity index (χ4n) is 1.86. The number of nitrogens with zero attached hydrogens (tertiary/aromatic N) is 5. The van der Waals surface area contributed by atoms with E-state index in [0.29, 0.717) is 6.54 Å². The minimum absolute atomic E-state index is 0.0186. The summed E-state index contributed by atoms with van der Waals surface area (Å²) in [4.78, 5) is 33.1. The minimum Gasteiger partial charge on any atom is -0.364 e. The maximum Gasteiger partial charge on any atom is 0.389 e. The van der Waals surface area contributed by atoms with Gasteiger partial charge >= 0.3 is 5.82 Å². The molecule has 122 valence electrons. The lowest BCUT2D eigenvalue weighted by Gasteiger charge is -2.02. The summed E-state index contributed by atoms with van der Waals surface area (Å²) in [6.07, 6.45) is 2.94. The van der Waals surface area contributed by atoms with Gasteiger partial charge in [0, 0.05) is 19.2 Å². The molecule has 0 unspecified atom stereocenters. The van der Waals surface area contributed by atoms with Gasteiger partial charge in [-0.3, -0.25) is 14.3 Å². The number of aromatic nitrogens is 4. The number of nitro groups is 1. The first-order valence-corrected chi connectivity index (χ1v) is 6.75. The monoisotopic (exact) mass is 321 g/mol. The van der Waals surface area contributed by atoms with E-state index in [-0.39, 0.29) is 36.1 Å². The highest BCUT2D eigenvalue weighted by molar-refractivity contribution is 6.01. The summed E-state index contributed by atoms with van der Waals surface area (Å²) in [5.41, 5.74) is 5.42. The Morgan fingerprint density at radius 1 is 1.39 bits per heavy atom. The molecule has 0 aromatic carbocycles. The molecule has 0 fully saturated rings. The Bertz CT molecular complexity index is 748. The van der Waals surface area contributed by atoms with Gasteiger partial charge in [0.2, 0.25) is 5.91 Å². The molecule has 2 rings (SSSR count). The van der Waals surface area contributed by atoms with E-state index in [1.807, 2.05) is 6.92 Å². The third kappa shape index (κ3) is 3.90. The van der Waals surface area contributed by atoms with Gasteiger partial charge in [-0.15, -0.1) is 0 Å². The average Bonchev–Trinajstić information content (AvgIpc) is 3.11. The van der Waals surface area contributed by atoms with E-state index in [0.717, 1.165) is 0 Å². The summed E-state index contributed by atoms with van der Waals surface area (Å²) >= 11 is 0. The van der Waals surface area contributed by atoms with Crippen LogP contribution in [0.25, 0.3) is 0 Å². The van der Waals surface area contributed by atoms with Crippen LogP contribution in [0.15, 0.2) is 18.5 Å². The van der Waals surface area contributed by atoms with Crippen LogP contribution >= 0.6 is 0 Å². The molecule has 2 heterocycles. The highest BCUT2D eigenvalue weighted by atomic mass is 16.6. The highest BCUT2D eigenvalue weighted by Crippen LogP contribution is 2.14. The molecule has 0 saturated heterocycles. The molecule has 11 heteroatoms. The molecular formula is C12H15N7O4. The minimum atomic E-state index is -0.741. The third-order valence-electron chi connectivity index (χ3n) is 2.97. The Labute approximate surface area is 130 Å². The van der Waals surface area contributed by atoms with Gasteiger partial charge in [0.25, 0.3) is 5.91 Å². The SMILES string of the molecule is CCn1cc(NC(=O)CCn2ccc([N+](=O)[O-])n2)c(C(N)=O)n1. The molecular weight excluding hydrogens is 306 g/mol. The second-order valence-electron chi connectivity index (χ2n) is 4.60. The van der Waals surface area contributed by atoms with Crippen LogP contribution < -0.4 is 11.1 Å². The van der Waals surface area contributed by atoms with Gasteiger partial charge in [-0.05, 0) is 11.8 Å². The molecule has 2 aromatic rings. The topological polar surface area (TPSA) is 151 Å². The maximum atomic E-state index is 11.9. The Morgan fingerprint density at radius 3 is 2.70 bits per heavy atom. The van der Waals surface area contributed by atoms with Crippen molar-refractivity contribution in [2.45, 2.75) is 26.4 Å². The lowest BCUT2D eigenvalue weighted by molar-refractivity contribution is -0.389. The summed E-state index contributed by atoms with van der Waals surface area (Å²) < 4.78 is 2.77. The molecule has 0 spiro atoms. The van der Waals surface area contributed by atoms with Crippen LogP contribution in [0.3, 0.4) is 0 Å². The van der Waals surface area contributed by atoms with Gasteiger partial charge in [-0.25, -0.2) is 0 Å². The molecule has 0 aliphatic rings. The van der Waals surface area contributed by atoms with Crippen LogP contribution in [0, 0.1) is 10.1 Å². The van der Waals surface area contributed by atoms with Crippen molar-refractivity contribution in [2.75, 3.05) is 5.32 Å². The Hall–Kier alpha value is -3.24. The van der Waals surface area contributed by atoms with Crippen molar-refractivity contribution in [1.29, 1.82) is 0 Å². The number of hydrogen-bond acceptors (Lipinski definition) is 6. The largest absolute Gasteiger partial charge is 0.389 e. The van der Waals surface area contributed by atoms with Crippen molar-refractivity contribution in [1.82, 2.24) is 19.6 Å². The zero-order valence-electron chi connectivity index (χ0n) is 12.3. The van der Waals surface area contributed by atoms with Gasteiger partial charge in [0.05, 0.1) is 29.6 Å². The third-order valence-corrected chi connectivity index (χ3v) is 2.97. The lowest BCUT2D eigenvalue weighted by Crippen LogP contribution is -2.19. The standard InChI is InChI=1S/C12H15N7O4/c1-2-17-7-8(11(16-17)12(13)21)14-10(20)4-6-18-5-3-9(15-18)19(22)23/h3,5,7H,2,4,6H2,1H3,(H2,13,21)(H,14,20). The molecule has 0 radical (unpaired) electrons. The van der Waals surface area contributed by atoms with E-state index >= 15 is 0 Å². The number of hydrogen-bond donors (Lipinski definition) is 2. The zero-order valence-corrected chi connectivity index (χ0v) is 12.3. The molecule has 23 heavy (non-hydrogen) atoms. The fourth-order valence-corrected chi connectivity index (χ4v) is 1.86. The summed E-state index contributed by atoms with van der Waals surface area (Å²) in [6.45, 7) is 2.51. The van der Waals surface area contributed by atoms with Crippen molar-refractivity contribution in [3.8, 4) is 0 Å². The van der Waals surface area contributed by atoms with Crippen LogP contribution in [0.4, 0.5) is 11.5 Å². The van der Waals surface area contributed by atoms with Gasteiger partial charge < -0.3 is 21.2 Å². The summed E-state index contributed by atoms with van der Waals surface area (Å²) in [5, 5.41) is 20.7. The van der Waals surface area contributed by atoms with E-state index in [1.54, 1.807) is 0 Å². The van der Waals surface area contributed by atoms with Gasteiger partial charge in [0.1, 0.15) is 0 Å². The number of carbonyl (C=O) groups is 2. The number of anilines is 1. The van der Waals surface area contributed by atoms with Crippen molar-refractivity contribution >= 4 is 23.3 Å². The second-order valence-corrected chi connectivity index (χ2v) is 4.60. The molecule has 0 atom stereocenters. The first-order valence-electron chi connectivity index (χ1n) is 6.75. The molecule has 0 aliphatic heterocycles. The normalized spacial score (nSPS) is 10.5. The predicted molar refractivity (Wildman–Crippen MR) is 78.5 cm³/mol. The highest BCUT2D eigenvalue weighted by Gasteiger charge is 2.17. The summed E-state index contributed by atoms with van der Waals surface area (Å²) in [7, 11) is 0. The van der Waals surface area contributed by atoms with Crippen molar-refractivity contribution in [2.24, 2.45) is 5.73 Å². The van der Waals surface area contributed by atoms with Gasteiger partial charge in [0.15, 0.2) is 5.69 Å².